The predicted octanol–water partition coefficient (Wildman–Crippen LogP) is 0.692. The van der Waals surface area contributed by atoms with Gasteiger partial charge in [-0.2, -0.15) is 0 Å². The van der Waals surface area contributed by atoms with E-state index in [0.29, 0.717) is 6.54 Å². The van der Waals surface area contributed by atoms with Crippen LogP contribution in [0.3, 0.4) is 0 Å². The number of carboxylic acids is 1. The minimum Gasteiger partial charge on any atom is -0.476 e. The molecule has 0 aliphatic carbocycles. The molecule has 0 atom stereocenters. The number of nitro benzene ring substituents is 1. The largest absolute Gasteiger partial charge is 0.476 e. The van der Waals surface area contributed by atoms with E-state index in [2.05, 4.69) is 10.2 Å². The van der Waals surface area contributed by atoms with Crippen LogP contribution in [0.25, 0.3) is 5.69 Å². The van der Waals surface area contributed by atoms with Crippen LogP contribution in [0.4, 0.5) is 11.5 Å². The van der Waals surface area contributed by atoms with Gasteiger partial charge in [-0.3, -0.25) is 10.1 Å². The highest BCUT2D eigenvalue weighted by Gasteiger charge is 2.23. The van der Waals surface area contributed by atoms with Gasteiger partial charge in [0, 0.05) is 25.2 Å². The van der Waals surface area contributed by atoms with E-state index < -0.39 is 10.9 Å². The highest BCUT2D eigenvalue weighted by Crippen LogP contribution is 2.20. The summed E-state index contributed by atoms with van der Waals surface area (Å²) in [4.78, 5) is 24.2. The molecule has 23 heavy (non-hydrogen) atoms. The number of rotatable bonds is 7. The van der Waals surface area contributed by atoms with Crippen LogP contribution < -0.4 is 4.90 Å². The molecule has 10 nitrogen and oxygen atoms in total. The third kappa shape index (κ3) is 3.43. The van der Waals surface area contributed by atoms with E-state index in [4.69, 9.17) is 5.11 Å². The summed E-state index contributed by atoms with van der Waals surface area (Å²) in [5.74, 6) is -1.17. The summed E-state index contributed by atoms with van der Waals surface area (Å²) in [6.07, 6.45) is 0. The number of aliphatic hydroxyl groups excluding tert-OH is 1. The lowest BCUT2D eigenvalue weighted by Gasteiger charge is -2.18. The standard InChI is InChI=1S/C13H15N5O5/c1-2-16(6-7-19)12-11(13(20)21)14-17(15-12)9-4-3-5-10(8-9)18(22)23/h3-5,8,19H,2,6-7H2,1H3,(H,20,21). The van der Waals surface area contributed by atoms with Gasteiger partial charge in [-0.15, -0.1) is 15.0 Å². The number of aliphatic hydroxyl groups is 1. The lowest BCUT2D eigenvalue weighted by atomic mass is 10.3. The highest BCUT2D eigenvalue weighted by molar-refractivity contribution is 5.91. The Morgan fingerprint density at radius 2 is 2.17 bits per heavy atom. The fraction of sp³-hybridized carbons (Fsp3) is 0.308. The summed E-state index contributed by atoms with van der Waals surface area (Å²) in [5, 5.41) is 37.2. The van der Waals surface area contributed by atoms with Gasteiger partial charge in [0.05, 0.1) is 17.2 Å². The molecule has 0 spiro atoms. The molecule has 2 aromatic rings. The molecular weight excluding hydrogens is 306 g/mol. The average molecular weight is 321 g/mol. The van der Waals surface area contributed by atoms with Gasteiger partial charge in [-0.1, -0.05) is 6.07 Å². The fourth-order valence-electron chi connectivity index (χ4n) is 2.03. The Morgan fingerprint density at radius 3 is 2.74 bits per heavy atom. The fourth-order valence-corrected chi connectivity index (χ4v) is 2.03. The summed E-state index contributed by atoms with van der Waals surface area (Å²) >= 11 is 0. The Bertz CT molecular complexity index is 729. The Kier molecular flexibility index (Phi) is 4.86. The van der Waals surface area contributed by atoms with Crippen molar-refractivity contribution >= 4 is 17.5 Å². The normalized spacial score (nSPS) is 10.5. The molecule has 0 saturated heterocycles. The number of likely N-dealkylation sites (N-methyl/N-ethyl adjacent to an activating group) is 1. The third-order valence-electron chi connectivity index (χ3n) is 3.12. The number of carboxylic acid groups (broad SMARTS) is 1. The summed E-state index contributed by atoms with van der Waals surface area (Å²) in [6.45, 7) is 2.24. The second-order valence-electron chi connectivity index (χ2n) is 4.55. The molecule has 0 saturated carbocycles. The summed E-state index contributed by atoms with van der Waals surface area (Å²) in [6, 6.07) is 5.56. The van der Waals surface area contributed by atoms with Gasteiger partial charge >= 0.3 is 5.97 Å². The first-order valence-electron chi connectivity index (χ1n) is 6.79. The minimum atomic E-state index is -1.27. The topological polar surface area (TPSA) is 135 Å². The maximum Gasteiger partial charge on any atom is 0.360 e. The quantitative estimate of drug-likeness (QED) is 0.562. The predicted molar refractivity (Wildman–Crippen MR) is 79.9 cm³/mol. The van der Waals surface area contributed by atoms with E-state index in [1.807, 2.05) is 0 Å². The van der Waals surface area contributed by atoms with Crippen LogP contribution >= 0.6 is 0 Å². The Morgan fingerprint density at radius 1 is 1.43 bits per heavy atom. The number of anilines is 1. The van der Waals surface area contributed by atoms with Gasteiger partial charge in [0.2, 0.25) is 5.69 Å². The van der Waals surface area contributed by atoms with Crippen molar-refractivity contribution in [1.29, 1.82) is 0 Å². The molecule has 0 amide bonds. The van der Waals surface area contributed by atoms with Crippen molar-refractivity contribution in [2.45, 2.75) is 6.92 Å². The molecule has 2 N–H and O–H groups in total. The molecule has 1 heterocycles. The number of nitrogens with zero attached hydrogens (tertiary/aromatic N) is 5. The van der Waals surface area contributed by atoms with E-state index in [9.17, 15) is 20.0 Å². The number of hydrogen-bond acceptors (Lipinski definition) is 7. The van der Waals surface area contributed by atoms with Crippen LogP contribution in [0.15, 0.2) is 24.3 Å². The van der Waals surface area contributed by atoms with E-state index in [1.54, 1.807) is 11.8 Å². The first-order chi connectivity index (χ1) is 11.0. The number of aromatic carboxylic acids is 1. The highest BCUT2D eigenvalue weighted by atomic mass is 16.6. The van der Waals surface area contributed by atoms with Crippen LogP contribution in [0, 0.1) is 10.1 Å². The van der Waals surface area contributed by atoms with Gasteiger partial charge in [0.25, 0.3) is 5.69 Å². The van der Waals surface area contributed by atoms with Crippen LogP contribution in [-0.4, -0.2) is 55.8 Å². The molecule has 1 aromatic carbocycles. The van der Waals surface area contributed by atoms with Gasteiger partial charge < -0.3 is 15.1 Å². The van der Waals surface area contributed by atoms with Gasteiger partial charge in [0.1, 0.15) is 0 Å². The monoisotopic (exact) mass is 321 g/mol. The van der Waals surface area contributed by atoms with Crippen LogP contribution in [0.1, 0.15) is 17.4 Å². The molecule has 0 aliphatic heterocycles. The molecule has 0 bridgehead atoms. The molecule has 0 fully saturated rings. The van der Waals surface area contributed by atoms with Crippen molar-refractivity contribution in [2.75, 3.05) is 24.6 Å². The Balaban J connectivity index is 2.50. The molecule has 0 radical (unpaired) electrons. The first-order valence-corrected chi connectivity index (χ1v) is 6.79. The summed E-state index contributed by atoms with van der Waals surface area (Å²) in [7, 11) is 0. The molecular formula is C13H15N5O5. The van der Waals surface area contributed by atoms with Crippen molar-refractivity contribution in [1.82, 2.24) is 15.0 Å². The maximum absolute atomic E-state index is 11.4. The van der Waals surface area contributed by atoms with Crippen LogP contribution in [0.5, 0.6) is 0 Å². The van der Waals surface area contributed by atoms with Crippen molar-refractivity contribution in [3.63, 3.8) is 0 Å². The Hall–Kier alpha value is -3.01. The first kappa shape index (κ1) is 16.4. The second kappa shape index (κ2) is 6.83. The lowest BCUT2D eigenvalue weighted by molar-refractivity contribution is -0.384. The van der Waals surface area contributed by atoms with Crippen LogP contribution in [-0.2, 0) is 0 Å². The number of nitro groups is 1. The average Bonchev–Trinajstić information content (AvgIpc) is 2.98. The number of hydrogen-bond donors (Lipinski definition) is 2. The van der Waals surface area contributed by atoms with Gasteiger partial charge in [0.15, 0.2) is 5.82 Å². The maximum atomic E-state index is 11.4. The van der Waals surface area contributed by atoms with Crippen molar-refractivity contribution in [3.8, 4) is 5.69 Å². The van der Waals surface area contributed by atoms with Gasteiger partial charge in [-0.05, 0) is 13.0 Å². The van der Waals surface area contributed by atoms with E-state index in [-0.39, 0.29) is 36.0 Å². The number of benzene rings is 1. The minimum absolute atomic E-state index is 0.0977. The number of aromatic nitrogens is 3. The zero-order chi connectivity index (χ0) is 17.0. The second-order valence-corrected chi connectivity index (χ2v) is 4.55. The third-order valence-corrected chi connectivity index (χ3v) is 3.12. The molecule has 1 aromatic heterocycles. The number of non-ortho nitro benzene ring substituents is 1. The van der Waals surface area contributed by atoms with E-state index in [0.717, 1.165) is 4.80 Å². The lowest BCUT2D eigenvalue weighted by Crippen LogP contribution is -2.28. The van der Waals surface area contributed by atoms with E-state index >= 15 is 0 Å². The number of carbonyl (C=O) groups is 1. The zero-order valence-corrected chi connectivity index (χ0v) is 12.3. The Labute approximate surface area is 130 Å². The zero-order valence-electron chi connectivity index (χ0n) is 12.3. The molecule has 10 heteroatoms. The molecule has 0 unspecified atom stereocenters. The molecule has 122 valence electrons. The molecule has 2 rings (SSSR count). The summed E-state index contributed by atoms with van der Waals surface area (Å²) < 4.78 is 0. The van der Waals surface area contributed by atoms with Crippen molar-refractivity contribution in [3.05, 3.63) is 40.1 Å². The van der Waals surface area contributed by atoms with Crippen molar-refractivity contribution < 1.29 is 19.9 Å². The smallest absolute Gasteiger partial charge is 0.360 e. The van der Waals surface area contributed by atoms with Gasteiger partial charge in [-0.25, -0.2) is 4.79 Å². The SMILES string of the molecule is CCN(CCO)c1nn(-c2cccc([N+](=O)[O-])c2)nc1C(=O)O. The van der Waals surface area contributed by atoms with E-state index in [1.165, 1.54) is 24.3 Å². The molecule has 0 aliphatic rings. The van der Waals surface area contributed by atoms with Crippen LogP contribution in [0.2, 0.25) is 0 Å². The summed E-state index contributed by atoms with van der Waals surface area (Å²) in [5.41, 5.74) is -0.166. The van der Waals surface area contributed by atoms with Crippen molar-refractivity contribution in [2.24, 2.45) is 0 Å².